The minimum atomic E-state index is -0.415. The molecule has 0 radical (unpaired) electrons. The van der Waals surface area contributed by atoms with Gasteiger partial charge in [-0.1, -0.05) is 26.8 Å². The zero-order chi connectivity index (χ0) is 14.2. The predicted octanol–water partition coefficient (Wildman–Crippen LogP) is 2.24. The number of nitrogens with two attached hydrogens (primary N) is 2. The van der Waals surface area contributed by atoms with Crippen LogP contribution in [0.25, 0.3) is 0 Å². The second kappa shape index (κ2) is 4.76. The Kier molecular flexibility index (Phi) is 3.43. The van der Waals surface area contributed by atoms with Crippen LogP contribution in [0.1, 0.15) is 37.6 Å². The summed E-state index contributed by atoms with van der Waals surface area (Å²) in [6.07, 6.45) is 1.12. The van der Waals surface area contributed by atoms with Crippen LogP contribution < -0.4 is 16.4 Å². The molecule has 0 bridgehead atoms. The number of hydrogen-bond acceptors (Lipinski definition) is 3. The van der Waals surface area contributed by atoms with Crippen molar-refractivity contribution in [2.24, 2.45) is 17.1 Å². The minimum absolute atomic E-state index is 0.269. The van der Waals surface area contributed by atoms with Gasteiger partial charge in [-0.3, -0.25) is 4.79 Å². The second-order valence-electron chi connectivity index (χ2n) is 6.41. The van der Waals surface area contributed by atoms with Gasteiger partial charge in [0.1, 0.15) is 0 Å². The lowest BCUT2D eigenvalue weighted by molar-refractivity contribution is 0.100. The van der Waals surface area contributed by atoms with Gasteiger partial charge in [0.15, 0.2) is 0 Å². The van der Waals surface area contributed by atoms with Crippen LogP contribution in [0.4, 0.5) is 11.4 Å². The molecule has 0 spiro atoms. The fourth-order valence-electron chi connectivity index (χ4n) is 2.78. The third-order valence-electron chi connectivity index (χ3n) is 4.06. The van der Waals surface area contributed by atoms with Crippen molar-refractivity contribution in [3.63, 3.8) is 0 Å². The number of nitrogens with zero attached hydrogens (tertiary/aromatic N) is 1. The van der Waals surface area contributed by atoms with Gasteiger partial charge >= 0.3 is 0 Å². The first kappa shape index (κ1) is 13.7. The van der Waals surface area contributed by atoms with Crippen LogP contribution in [0, 0.1) is 11.3 Å². The fraction of sp³-hybridized carbons (Fsp3) is 0.533. The number of carbonyl (C=O) groups is 1. The first-order chi connectivity index (χ1) is 8.80. The Hall–Kier alpha value is -1.71. The zero-order valence-corrected chi connectivity index (χ0v) is 11.9. The third-order valence-corrected chi connectivity index (χ3v) is 4.06. The summed E-state index contributed by atoms with van der Waals surface area (Å²) in [5.74, 6) is 0.189. The van der Waals surface area contributed by atoms with Gasteiger partial charge in [-0.15, -0.1) is 0 Å². The number of carbonyl (C=O) groups excluding carboxylic acids is 1. The molecular formula is C15H23N3O. The van der Waals surface area contributed by atoms with Gasteiger partial charge in [0.25, 0.3) is 5.91 Å². The van der Waals surface area contributed by atoms with E-state index in [0.29, 0.717) is 17.2 Å². The van der Waals surface area contributed by atoms with Crippen molar-refractivity contribution in [2.75, 3.05) is 23.7 Å². The number of anilines is 2. The summed E-state index contributed by atoms with van der Waals surface area (Å²) in [6.45, 7) is 8.62. The minimum Gasteiger partial charge on any atom is -0.397 e. The van der Waals surface area contributed by atoms with Crippen LogP contribution in [0.2, 0.25) is 0 Å². The third kappa shape index (κ3) is 2.67. The summed E-state index contributed by atoms with van der Waals surface area (Å²) in [7, 11) is 0. The van der Waals surface area contributed by atoms with E-state index in [9.17, 15) is 4.79 Å². The predicted molar refractivity (Wildman–Crippen MR) is 79.1 cm³/mol. The number of primary amides is 1. The summed E-state index contributed by atoms with van der Waals surface area (Å²) < 4.78 is 0. The van der Waals surface area contributed by atoms with Crippen molar-refractivity contribution in [1.29, 1.82) is 0 Å². The summed E-state index contributed by atoms with van der Waals surface area (Å²) >= 11 is 0. The molecule has 1 aromatic rings. The monoisotopic (exact) mass is 261 g/mol. The lowest BCUT2D eigenvalue weighted by atomic mass is 9.80. The maximum atomic E-state index is 11.5. The molecule has 1 unspecified atom stereocenters. The highest BCUT2D eigenvalue weighted by atomic mass is 16.1. The fourth-order valence-corrected chi connectivity index (χ4v) is 2.78. The molecule has 1 amide bonds. The Balaban J connectivity index is 2.32. The number of rotatable bonds is 2. The molecule has 1 aliphatic heterocycles. The van der Waals surface area contributed by atoms with E-state index in [-0.39, 0.29) is 5.41 Å². The molecular weight excluding hydrogens is 238 g/mol. The van der Waals surface area contributed by atoms with E-state index < -0.39 is 5.91 Å². The van der Waals surface area contributed by atoms with Crippen molar-refractivity contribution < 1.29 is 4.79 Å². The van der Waals surface area contributed by atoms with Gasteiger partial charge in [-0.25, -0.2) is 0 Å². The maximum Gasteiger partial charge on any atom is 0.250 e. The number of para-hydroxylation sites is 1. The van der Waals surface area contributed by atoms with Crippen molar-refractivity contribution in [3.8, 4) is 0 Å². The first-order valence-corrected chi connectivity index (χ1v) is 6.74. The molecule has 1 saturated heterocycles. The molecule has 19 heavy (non-hydrogen) atoms. The molecule has 2 rings (SSSR count). The van der Waals surface area contributed by atoms with Crippen molar-refractivity contribution in [3.05, 3.63) is 23.8 Å². The highest BCUT2D eigenvalue weighted by molar-refractivity contribution is 6.01. The second-order valence-corrected chi connectivity index (χ2v) is 6.41. The standard InChI is InChI=1S/C15H23N3O/c1-15(2,3)10-7-8-18(9-10)13-11(14(17)19)5-4-6-12(13)16/h4-6,10H,7-9,16H2,1-3H3,(H2,17,19). The molecule has 4 heteroatoms. The van der Waals surface area contributed by atoms with Crippen molar-refractivity contribution >= 4 is 17.3 Å². The molecule has 0 saturated carbocycles. The molecule has 4 nitrogen and oxygen atoms in total. The average molecular weight is 261 g/mol. The van der Waals surface area contributed by atoms with Crippen molar-refractivity contribution in [1.82, 2.24) is 0 Å². The molecule has 4 N–H and O–H groups in total. The Morgan fingerprint density at radius 3 is 2.58 bits per heavy atom. The Morgan fingerprint density at radius 2 is 2.05 bits per heavy atom. The zero-order valence-electron chi connectivity index (χ0n) is 11.9. The number of hydrogen-bond donors (Lipinski definition) is 2. The molecule has 1 atom stereocenters. The molecule has 1 fully saturated rings. The summed E-state index contributed by atoms with van der Waals surface area (Å²) in [5, 5.41) is 0. The normalized spacial score (nSPS) is 19.7. The topological polar surface area (TPSA) is 72.3 Å². The first-order valence-electron chi connectivity index (χ1n) is 6.74. The van der Waals surface area contributed by atoms with Gasteiger partial charge in [0.2, 0.25) is 0 Å². The molecule has 1 aromatic carbocycles. The van der Waals surface area contributed by atoms with Crippen LogP contribution >= 0.6 is 0 Å². The molecule has 0 aromatic heterocycles. The highest BCUT2D eigenvalue weighted by Gasteiger charge is 2.33. The van der Waals surface area contributed by atoms with Gasteiger partial charge in [-0.2, -0.15) is 0 Å². The number of amides is 1. The van der Waals surface area contributed by atoms with E-state index in [4.69, 9.17) is 11.5 Å². The molecule has 1 heterocycles. The number of benzene rings is 1. The Morgan fingerprint density at radius 1 is 1.37 bits per heavy atom. The SMILES string of the molecule is CC(C)(C)C1CCN(c2c(N)cccc2C(N)=O)C1. The van der Waals surface area contributed by atoms with E-state index in [0.717, 1.165) is 25.2 Å². The molecule has 1 aliphatic rings. The summed E-state index contributed by atoms with van der Waals surface area (Å²) in [4.78, 5) is 13.7. The van der Waals surface area contributed by atoms with Crippen LogP contribution in [0.5, 0.6) is 0 Å². The smallest absolute Gasteiger partial charge is 0.250 e. The van der Waals surface area contributed by atoms with E-state index in [1.165, 1.54) is 0 Å². The summed E-state index contributed by atoms with van der Waals surface area (Å²) in [6, 6.07) is 5.35. The van der Waals surface area contributed by atoms with E-state index in [1.807, 2.05) is 6.07 Å². The number of nitrogen functional groups attached to an aromatic ring is 1. The lowest BCUT2D eigenvalue weighted by Crippen LogP contribution is -2.28. The van der Waals surface area contributed by atoms with Gasteiger partial charge in [0.05, 0.1) is 16.9 Å². The average Bonchev–Trinajstić information content (AvgIpc) is 2.77. The van der Waals surface area contributed by atoms with E-state index in [2.05, 4.69) is 25.7 Å². The summed E-state index contributed by atoms with van der Waals surface area (Å²) in [5.41, 5.74) is 13.7. The van der Waals surface area contributed by atoms with Crippen LogP contribution in [-0.4, -0.2) is 19.0 Å². The highest BCUT2D eigenvalue weighted by Crippen LogP contribution is 2.38. The quantitative estimate of drug-likeness (QED) is 0.802. The largest absolute Gasteiger partial charge is 0.397 e. The van der Waals surface area contributed by atoms with Gasteiger partial charge < -0.3 is 16.4 Å². The van der Waals surface area contributed by atoms with Crippen LogP contribution in [0.15, 0.2) is 18.2 Å². The lowest BCUT2D eigenvalue weighted by Gasteiger charge is -2.28. The maximum absolute atomic E-state index is 11.5. The van der Waals surface area contributed by atoms with E-state index >= 15 is 0 Å². The van der Waals surface area contributed by atoms with Gasteiger partial charge in [0, 0.05) is 13.1 Å². The van der Waals surface area contributed by atoms with Gasteiger partial charge in [-0.05, 0) is 29.9 Å². The van der Waals surface area contributed by atoms with E-state index in [1.54, 1.807) is 12.1 Å². The van der Waals surface area contributed by atoms with Crippen LogP contribution in [0.3, 0.4) is 0 Å². The molecule has 0 aliphatic carbocycles. The van der Waals surface area contributed by atoms with Crippen molar-refractivity contribution in [2.45, 2.75) is 27.2 Å². The molecule has 104 valence electrons. The Labute approximate surface area is 114 Å². The Bertz CT molecular complexity index is 491. The van der Waals surface area contributed by atoms with Crippen LogP contribution in [-0.2, 0) is 0 Å².